The van der Waals surface area contributed by atoms with Gasteiger partial charge in [0, 0.05) is 17.1 Å². The normalized spacial score (nSPS) is 14.1. The van der Waals surface area contributed by atoms with E-state index < -0.39 is 5.97 Å². The molecule has 4 aromatic rings. The van der Waals surface area contributed by atoms with Crippen molar-refractivity contribution in [3.8, 4) is 5.75 Å². The minimum atomic E-state index is -0.966. The van der Waals surface area contributed by atoms with Crippen molar-refractivity contribution in [2.24, 2.45) is 0 Å². The SMILES string of the molecule is O=C(O)c1ccc2c(c1)/C(=C/Cn1cnc3cc(Cl)ccc31)c1ccccc1CO2. The summed E-state index contributed by atoms with van der Waals surface area (Å²) in [6.07, 6.45) is 3.87. The van der Waals surface area contributed by atoms with Crippen LogP contribution in [0.2, 0.25) is 5.02 Å². The lowest BCUT2D eigenvalue weighted by molar-refractivity contribution is 0.0697. The van der Waals surface area contributed by atoms with Crippen molar-refractivity contribution in [3.05, 3.63) is 100 Å². The van der Waals surface area contributed by atoms with E-state index in [2.05, 4.69) is 11.1 Å². The molecule has 5 nitrogen and oxygen atoms in total. The number of fused-ring (bicyclic) bond motifs is 3. The molecule has 0 saturated heterocycles. The third-order valence-electron chi connectivity index (χ3n) is 5.28. The summed E-state index contributed by atoms with van der Waals surface area (Å²) >= 11 is 6.07. The second-order valence-electron chi connectivity index (χ2n) is 7.11. The van der Waals surface area contributed by atoms with Crippen LogP contribution in [-0.4, -0.2) is 20.6 Å². The molecule has 6 heteroatoms. The molecule has 0 aliphatic carbocycles. The van der Waals surface area contributed by atoms with Gasteiger partial charge in [0.2, 0.25) is 0 Å². The largest absolute Gasteiger partial charge is 0.488 e. The van der Waals surface area contributed by atoms with E-state index >= 15 is 0 Å². The van der Waals surface area contributed by atoms with Gasteiger partial charge in [0.15, 0.2) is 0 Å². The maximum Gasteiger partial charge on any atom is 0.335 e. The fourth-order valence-corrected chi connectivity index (χ4v) is 3.97. The number of carboxylic acid groups (broad SMARTS) is 1. The first-order valence-electron chi connectivity index (χ1n) is 9.49. The van der Waals surface area contributed by atoms with Gasteiger partial charge < -0.3 is 14.4 Å². The number of rotatable bonds is 3. The maximum absolute atomic E-state index is 11.6. The molecule has 0 atom stereocenters. The second-order valence-corrected chi connectivity index (χ2v) is 7.55. The number of hydrogen-bond acceptors (Lipinski definition) is 3. The van der Waals surface area contributed by atoms with Crippen molar-refractivity contribution in [2.75, 3.05) is 0 Å². The van der Waals surface area contributed by atoms with E-state index in [4.69, 9.17) is 16.3 Å². The fourth-order valence-electron chi connectivity index (χ4n) is 3.80. The van der Waals surface area contributed by atoms with Gasteiger partial charge in [-0.15, -0.1) is 0 Å². The molecule has 3 aromatic carbocycles. The first-order valence-corrected chi connectivity index (χ1v) is 9.87. The monoisotopic (exact) mass is 416 g/mol. The Labute approximate surface area is 177 Å². The molecule has 1 aliphatic heterocycles. The number of carboxylic acids is 1. The van der Waals surface area contributed by atoms with Gasteiger partial charge in [-0.2, -0.15) is 0 Å². The molecule has 5 rings (SSSR count). The molecule has 2 heterocycles. The zero-order valence-corrected chi connectivity index (χ0v) is 16.6. The molecule has 1 aliphatic rings. The lowest BCUT2D eigenvalue weighted by Gasteiger charge is -2.12. The Morgan fingerprint density at radius 1 is 1.13 bits per heavy atom. The van der Waals surface area contributed by atoms with Crippen LogP contribution >= 0.6 is 11.6 Å². The van der Waals surface area contributed by atoms with Crippen LogP contribution in [-0.2, 0) is 13.2 Å². The summed E-state index contributed by atoms with van der Waals surface area (Å²) in [6.45, 7) is 0.998. The number of carbonyl (C=O) groups is 1. The van der Waals surface area contributed by atoms with Gasteiger partial charge in [-0.05, 0) is 53.1 Å². The number of halogens is 1. The van der Waals surface area contributed by atoms with E-state index in [9.17, 15) is 9.90 Å². The minimum absolute atomic E-state index is 0.227. The summed E-state index contributed by atoms with van der Waals surface area (Å²) in [5.74, 6) is -0.295. The summed E-state index contributed by atoms with van der Waals surface area (Å²) in [6, 6.07) is 18.6. The molecule has 1 aromatic heterocycles. The van der Waals surface area contributed by atoms with Crippen LogP contribution in [0.5, 0.6) is 5.75 Å². The number of aromatic carboxylic acids is 1. The first-order chi connectivity index (χ1) is 14.6. The predicted octanol–water partition coefficient (Wildman–Crippen LogP) is 5.41. The summed E-state index contributed by atoms with van der Waals surface area (Å²) in [4.78, 5) is 16.0. The Morgan fingerprint density at radius 3 is 2.87 bits per heavy atom. The molecule has 30 heavy (non-hydrogen) atoms. The summed E-state index contributed by atoms with van der Waals surface area (Å²) in [5.41, 5.74) is 5.84. The Bertz CT molecular complexity index is 1320. The number of hydrogen-bond donors (Lipinski definition) is 1. The van der Waals surface area contributed by atoms with Crippen molar-refractivity contribution < 1.29 is 14.6 Å². The highest BCUT2D eigenvalue weighted by Gasteiger charge is 2.20. The minimum Gasteiger partial charge on any atom is -0.488 e. The van der Waals surface area contributed by atoms with Gasteiger partial charge in [-0.1, -0.05) is 41.9 Å². The van der Waals surface area contributed by atoms with Crippen LogP contribution in [0, 0.1) is 0 Å². The van der Waals surface area contributed by atoms with Crippen molar-refractivity contribution in [2.45, 2.75) is 13.2 Å². The topological polar surface area (TPSA) is 64.3 Å². The third-order valence-corrected chi connectivity index (χ3v) is 5.52. The zero-order chi connectivity index (χ0) is 20.7. The van der Waals surface area contributed by atoms with Gasteiger partial charge in [-0.25, -0.2) is 9.78 Å². The first kappa shape index (κ1) is 18.5. The van der Waals surface area contributed by atoms with E-state index in [0.717, 1.165) is 33.3 Å². The number of imidazole rings is 1. The molecular formula is C24H17ClN2O3. The molecule has 0 spiro atoms. The Balaban J connectivity index is 1.65. The molecule has 0 saturated carbocycles. The quantitative estimate of drug-likeness (QED) is 0.484. The van der Waals surface area contributed by atoms with Gasteiger partial charge in [0.05, 0.1) is 22.9 Å². The number of benzene rings is 3. The van der Waals surface area contributed by atoms with Crippen molar-refractivity contribution in [3.63, 3.8) is 0 Å². The molecule has 0 bridgehead atoms. The Morgan fingerprint density at radius 2 is 2.00 bits per heavy atom. The highest BCUT2D eigenvalue weighted by atomic mass is 35.5. The van der Waals surface area contributed by atoms with Crippen LogP contribution in [0.3, 0.4) is 0 Å². The molecule has 0 amide bonds. The third kappa shape index (κ3) is 3.23. The Hall–Kier alpha value is -3.57. The van der Waals surface area contributed by atoms with E-state index in [-0.39, 0.29) is 5.56 Å². The van der Waals surface area contributed by atoms with Crippen molar-refractivity contribution in [1.82, 2.24) is 9.55 Å². The summed E-state index contributed by atoms with van der Waals surface area (Å²) in [5, 5.41) is 10.1. The average molecular weight is 417 g/mol. The van der Waals surface area contributed by atoms with Crippen LogP contribution < -0.4 is 4.74 Å². The summed E-state index contributed by atoms with van der Waals surface area (Å²) in [7, 11) is 0. The average Bonchev–Trinajstić information content (AvgIpc) is 3.07. The number of nitrogens with zero attached hydrogens (tertiary/aromatic N) is 2. The number of ether oxygens (including phenoxy) is 1. The van der Waals surface area contributed by atoms with E-state index in [1.165, 1.54) is 0 Å². The number of allylic oxidation sites excluding steroid dienone is 1. The smallest absolute Gasteiger partial charge is 0.335 e. The molecule has 0 radical (unpaired) electrons. The zero-order valence-electron chi connectivity index (χ0n) is 15.9. The maximum atomic E-state index is 11.6. The lowest BCUT2D eigenvalue weighted by atomic mass is 9.93. The molecule has 148 valence electrons. The standard InChI is InChI=1S/C24H17ClN2O3/c25-17-6-7-22-21(12-17)26-14-27(22)10-9-19-18-4-2-1-3-16(18)13-30-23-8-5-15(24(28)29)11-20(19)23/h1-9,11-12,14H,10,13H2,(H,28,29)/b19-9+. The van der Waals surface area contributed by atoms with E-state index in [1.54, 1.807) is 24.5 Å². The molecule has 0 unspecified atom stereocenters. The Kier molecular flexibility index (Phi) is 4.52. The van der Waals surface area contributed by atoms with Crippen molar-refractivity contribution >= 4 is 34.2 Å². The second kappa shape index (κ2) is 7.35. The molecular weight excluding hydrogens is 400 g/mol. The molecule has 1 N–H and O–H groups in total. The highest BCUT2D eigenvalue weighted by Crippen LogP contribution is 2.37. The molecule has 0 fully saturated rings. The van der Waals surface area contributed by atoms with Crippen molar-refractivity contribution in [1.29, 1.82) is 0 Å². The number of aromatic nitrogens is 2. The highest BCUT2D eigenvalue weighted by molar-refractivity contribution is 6.31. The van der Waals surface area contributed by atoms with Crippen LogP contribution in [0.4, 0.5) is 0 Å². The van der Waals surface area contributed by atoms with E-state index in [0.29, 0.717) is 23.9 Å². The van der Waals surface area contributed by atoms with Gasteiger partial charge in [0.1, 0.15) is 12.4 Å². The lowest BCUT2D eigenvalue weighted by Crippen LogP contribution is -2.00. The van der Waals surface area contributed by atoms with Gasteiger partial charge in [0.25, 0.3) is 0 Å². The van der Waals surface area contributed by atoms with E-state index in [1.807, 2.05) is 47.0 Å². The van der Waals surface area contributed by atoms with Crippen LogP contribution in [0.25, 0.3) is 16.6 Å². The predicted molar refractivity (Wildman–Crippen MR) is 116 cm³/mol. The van der Waals surface area contributed by atoms with Gasteiger partial charge in [-0.3, -0.25) is 0 Å². The van der Waals surface area contributed by atoms with Gasteiger partial charge >= 0.3 is 5.97 Å². The van der Waals surface area contributed by atoms with Crippen LogP contribution in [0.15, 0.2) is 73.1 Å². The fraction of sp³-hybridized carbons (Fsp3) is 0.0833. The van der Waals surface area contributed by atoms with Crippen LogP contribution in [0.1, 0.15) is 27.0 Å². The summed E-state index contributed by atoms with van der Waals surface area (Å²) < 4.78 is 8.03.